The fourth-order valence-corrected chi connectivity index (χ4v) is 6.79. The minimum Gasteiger partial charge on any atom is -0.490 e. The highest BCUT2D eigenvalue weighted by Gasteiger charge is 2.31. The van der Waals surface area contributed by atoms with Gasteiger partial charge in [-0.15, -0.1) is 0 Å². The summed E-state index contributed by atoms with van der Waals surface area (Å²) in [6.07, 6.45) is 6.70. The van der Waals surface area contributed by atoms with Crippen molar-refractivity contribution in [2.24, 2.45) is 0 Å². The molecule has 8 heteroatoms. The summed E-state index contributed by atoms with van der Waals surface area (Å²) in [4.78, 5) is 15.5. The van der Waals surface area contributed by atoms with Gasteiger partial charge in [-0.3, -0.25) is 4.79 Å². The molecule has 0 spiro atoms. The second-order valence-corrected chi connectivity index (χ2v) is 11.5. The van der Waals surface area contributed by atoms with Crippen LogP contribution >= 0.6 is 0 Å². The Morgan fingerprint density at radius 3 is 2.37 bits per heavy atom. The zero-order chi connectivity index (χ0) is 24.3. The summed E-state index contributed by atoms with van der Waals surface area (Å²) in [6.45, 7) is 3.25. The lowest BCUT2D eigenvalue weighted by Gasteiger charge is -2.26. The predicted octanol–water partition coefficient (Wildman–Crippen LogP) is 4.32. The predicted molar refractivity (Wildman–Crippen MR) is 133 cm³/mol. The van der Waals surface area contributed by atoms with E-state index in [9.17, 15) is 13.2 Å². The van der Waals surface area contributed by atoms with Crippen molar-refractivity contribution in [2.45, 2.75) is 62.3 Å². The molecule has 0 saturated carbocycles. The van der Waals surface area contributed by atoms with Gasteiger partial charge in [-0.2, -0.15) is 4.31 Å². The molecule has 2 aromatic carbocycles. The number of sulfonamides is 1. The average Bonchev–Trinajstić information content (AvgIpc) is 3.27. The monoisotopic (exact) mass is 498 g/mol. The number of amides is 1. The molecule has 0 aliphatic carbocycles. The highest BCUT2D eigenvalue weighted by atomic mass is 32.2. The van der Waals surface area contributed by atoms with Crippen LogP contribution in [0.5, 0.6) is 11.5 Å². The van der Waals surface area contributed by atoms with Crippen LogP contribution in [0.2, 0.25) is 0 Å². The highest BCUT2D eigenvalue weighted by Crippen LogP contribution is 2.38. The smallest absolute Gasteiger partial charge is 0.243 e. The Morgan fingerprint density at radius 2 is 1.60 bits per heavy atom. The summed E-state index contributed by atoms with van der Waals surface area (Å²) in [7, 11) is -3.43. The van der Waals surface area contributed by atoms with E-state index in [1.54, 1.807) is 16.4 Å². The SMILES string of the molecule is O=C(CCc1ccc(S(=O)(=O)N2CCCCC2)cc1)N1CCCC1c1ccc2c(c1)OCCCO2. The third-order valence-electron chi connectivity index (χ3n) is 7.23. The number of likely N-dealkylation sites (tertiary alicyclic amines) is 1. The Labute approximate surface area is 208 Å². The molecule has 3 heterocycles. The molecule has 7 nitrogen and oxygen atoms in total. The number of benzene rings is 2. The minimum absolute atomic E-state index is 0.0525. The van der Waals surface area contributed by atoms with Crippen molar-refractivity contribution in [3.8, 4) is 11.5 Å². The Bertz CT molecular complexity index is 1140. The summed E-state index contributed by atoms with van der Waals surface area (Å²) in [5.41, 5.74) is 2.06. The van der Waals surface area contributed by atoms with Crippen molar-refractivity contribution in [1.29, 1.82) is 0 Å². The van der Waals surface area contributed by atoms with Crippen molar-refractivity contribution in [1.82, 2.24) is 9.21 Å². The first-order valence-electron chi connectivity index (χ1n) is 12.8. The van der Waals surface area contributed by atoms with Crippen LogP contribution in [0.25, 0.3) is 0 Å². The normalized spacial score (nSPS) is 21.0. The first-order chi connectivity index (χ1) is 17.0. The standard InChI is InChI=1S/C27H34N2O5S/c30-27(14-9-21-7-11-23(12-8-21)35(31,32)28-15-2-1-3-16-28)29-17-4-6-24(29)22-10-13-25-26(20-22)34-19-5-18-33-25/h7-8,10-13,20,24H,1-6,9,14-19H2. The van der Waals surface area contributed by atoms with Crippen LogP contribution in [-0.2, 0) is 21.2 Å². The van der Waals surface area contributed by atoms with Gasteiger partial charge in [0.1, 0.15) is 0 Å². The number of piperidine rings is 1. The third-order valence-corrected chi connectivity index (χ3v) is 9.15. The Balaban J connectivity index is 1.21. The minimum atomic E-state index is -3.43. The van der Waals surface area contributed by atoms with E-state index < -0.39 is 10.0 Å². The average molecular weight is 499 g/mol. The molecule has 3 aliphatic heterocycles. The van der Waals surface area contributed by atoms with E-state index >= 15 is 0 Å². The van der Waals surface area contributed by atoms with Crippen molar-refractivity contribution in [3.05, 3.63) is 53.6 Å². The van der Waals surface area contributed by atoms with E-state index in [2.05, 4.69) is 0 Å². The maximum atomic E-state index is 13.1. The molecule has 2 fully saturated rings. The molecular weight excluding hydrogens is 464 g/mol. The van der Waals surface area contributed by atoms with Gasteiger partial charge in [0, 0.05) is 32.5 Å². The largest absolute Gasteiger partial charge is 0.490 e. The van der Waals surface area contributed by atoms with Gasteiger partial charge in [0.2, 0.25) is 15.9 Å². The molecule has 1 atom stereocenters. The van der Waals surface area contributed by atoms with E-state index in [0.717, 1.165) is 67.7 Å². The number of ether oxygens (including phenoxy) is 2. The van der Waals surface area contributed by atoms with Gasteiger partial charge in [-0.1, -0.05) is 24.6 Å². The topological polar surface area (TPSA) is 76.2 Å². The van der Waals surface area contributed by atoms with Crippen molar-refractivity contribution < 1.29 is 22.7 Å². The molecule has 0 radical (unpaired) electrons. The van der Waals surface area contributed by atoms with Crippen LogP contribution in [-0.4, -0.2) is 56.4 Å². The van der Waals surface area contributed by atoms with Crippen molar-refractivity contribution >= 4 is 15.9 Å². The quantitative estimate of drug-likeness (QED) is 0.593. The van der Waals surface area contributed by atoms with E-state index in [-0.39, 0.29) is 11.9 Å². The fourth-order valence-electron chi connectivity index (χ4n) is 5.28. The summed E-state index contributed by atoms with van der Waals surface area (Å²) in [5, 5.41) is 0. The third kappa shape index (κ3) is 5.33. The van der Waals surface area contributed by atoms with Crippen LogP contribution in [0.3, 0.4) is 0 Å². The van der Waals surface area contributed by atoms with E-state index in [4.69, 9.17) is 9.47 Å². The van der Waals surface area contributed by atoms with Gasteiger partial charge >= 0.3 is 0 Å². The number of nitrogens with zero attached hydrogens (tertiary/aromatic N) is 2. The molecule has 2 saturated heterocycles. The number of aryl methyl sites for hydroxylation is 1. The molecule has 5 rings (SSSR count). The first-order valence-corrected chi connectivity index (χ1v) is 14.2. The van der Waals surface area contributed by atoms with Crippen LogP contribution in [0.15, 0.2) is 47.4 Å². The summed E-state index contributed by atoms with van der Waals surface area (Å²) in [5.74, 6) is 1.66. The molecule has 0 N–H and O–H groups in total. The summed E-state index contributed by atoms with van der Waals surface area (Å²) >= 11 is 0. The number of carbonyl (C=O) groups is 1. The lowest BCUT2D eigenvalue weighted by molar-refractivity contribution is -0.132. The second kappa shape index (κ2) is 10.6. The number of hydrogen-bond acceptors (Lipinski definition) is 5. The molecule has 2 aromatic rings. The number of rotatable bonds is 6. The molecular formula is C27H34N2O5S. The van der Waals surface area contributed by atoms with Crippen LogP contribution < -0.4 is 9.47 Å². The zero-order valence-electron chi connectivity index (χ0n) is 20.2. The Morgan fingerprint density at radius 1 is 0.857 bits per heavy atom. The van der Waals surface area contributed by atoms with Gasteiger partial charge in [0.25, 0.3) is 0 Å². The number of hydrogen-bond donors (Lipinski definition) is 0. The molecule has 35 heavy (non-hydrogen) atoms. The molecule has 1 amide bonds. The second-order valence-electron chi connectivity index (χ2n) is 9.61. The summed E-state index contributed by atoms with van der Waals surface area (Å²) in [6, 6.07) is 13.1. The van der Waals surface area contributed by atoms with Crippen LogP contribution in [0.4, 0.5) is 0 Å². The van der Waals surface area contributed by atoms with Crippen molar-refractivity contribution in [2.75, 3.05) is 32.8 Å². The molecule has 0 bridgehead atoms. The number of carbonyl (C=O) groups excluding carboxylic acids is 1. The first kappa shape index (κ1) is 24.1. The van der Waals surface area contributed by atoms with Gasteiger partial charge in [-0.05, 0) is 67.5 Å². The van der Waals surface area contributed by atoms with Crippen LogP contribution in [0, 0.1) is 0 Å². The summed E-state index contributed by atoms with van der Waals surface area (Å²) < 4.78 is 38.9. The van der Waals surface area contributed by atoms with Gasteiger partial charge in [0.15, 0.2) is 11.5 Å². The maximum absolute atomic E-state index is 13.1. The lowest BCUT2D eigenvalue weighted by Crippen LogP contribution is -2.35. The molecule has 3 aliphatic rings. The maximum Gasteiger partial charge on any atom is 0.243 e. The zero-order valence-corrected chi connectivity index (χ0v) is 21.0. The van der Waals surface area contributed by atoms with Crippen molar-refractivity contribution in [3.63, 3.8) is 0 Å². The Kier molecular flexibility index (Phi) is 7.29. The van der Waals surface area contributed by atoms with Gasteiger partial charge in [-0.25, -0.2) is 8.42 Å². The highest BCUT2D eigenvalue weighted by molar-refractivity contribution is 7.89. The van der Waals surface area contributed by atoms with E-state index in [0.29, 0.717) is 44.0 Å². The lowest BCUT2D eigenvalue weighted by atomic mass is 10.0. The molecule has 0 aromatic heterocycles. The molecule has 188 valence electrons. The number of fused-ring (bicyclic) bond motifs is 1. The molecule has 1 unspecified atom stereocenters. The Hall–Kier alpha value is -2.58. The van der Waals surface area contributed by atoms with Gasteiger partial charge < -0.3 is 14.4 Å². The van der Waals surface area contributed by atoms with Crippen LogP contribution in [0.1, 0.15) is 62.1 Å². The van der Waals surface area contributed by atoms with E-state index in [1.165, 1.54) is 0 Å². The van der Waals surface area contributed by atoms with E-state index in [1.807, 2.05) is 35.2 Å². The van der Waals surface area contributed by atoms with Gasteiger partial charge in [0.05, 0.1) is 24.2 Å². The fraction of sp³-hybridized carbons (Fsp3) is 0.519.